The average Bonchev–Trinajstić information content (AvgIpc) is 2.56. The van der Waals surface area contributed by atoms with Gasteiger partial charge in [-0.2, -0.15) is 0 Å². The molecule has 0 bridgehead atoms. The van der Waals surface area contributed by atoms with Crippen molar-refractivity contribution >= 4 is 0 Å². The Hall–Kier alpha value is -2.11. The Bertz CT molecular complexity index is 636. The Labute approximate surface area is 142 Å². The lowest BCUT2D eigenvalue weighted by Gasteiger charge is -2.21. The van der Waals surface area contributed by atoms with E-state index < -0.39 is 6.10 Å². The number of hydrogen-bond acceptors (Lipinski definition) is 4. The Morgan fingerprint density at radius 1 is 1.04 bits per heavy atom. The Morgan fingerprint density at radius 3 is 2.42 bits per heavy atom. The number of para-hydroxylation sites is 2. The Morgan fingerprint density at radius 2 is 1.71 bits per heavy atom. The zero-order valence-electron chi connectivity index (χ0n) is 14.1. The Balaban J connectivity index is 1.67. The van der Waals surface area contributed by atoms with E-state index in [0.717, 1.165) is 11.3 Å². The second-order valence-electron chi connectivity index (χ2n) is 5.77. The van der Waals surface area contributed by atoms with Gasteiger partial charge in [-0.25, -0.2) is 4.39 Å². The molecular weight excluding hydrogens is 309 g/mol. The van der Waals surface area contributed by atoms with Crippen molar-refractivity contribution in [2.75, 3.05) is 33.4 Å². The summed E-state index contributed by atoms with van der Waals surface area (Å²) >= 11 is 0. The van der Waals surface area contributed by atoms with Crippen LogP contribution in [0.1, 0.15) is 5.56 Å². The fourth-order valence-corrected chi connectivity index (χ4v) is 2.28. The molecule has 1 atom stereocenters. The van der Waals surface area contributed by atoms with E-state index in [1.807, 2.05) is 43.1 Å². The predicted octanol–water partition coefficient (Wildman–Crippen LogP) is 2.88. The summed E-state index contributed by atoms with van der Waals surface area (Å²) in [6.45, 7) is 3.57. The van der Waals surface area contributed by atoms with Crippen LogP contribution in [-0.4, -0.2) is 49.5 Å². The van der Waals surface area contributed by atoms with Crippen LogP contribution in [0.3, 0.4) is 0 Å². The number of hydrogen-bond donors (Lipinski definition) is 1. The van der Waals surface area contributed by atoms with Crippen LogP contribution in [0.5, 0.6) is 11.5 Å². The van der Waals surface area contributed by atoms with Crippen LogP contribution in [0.25, 0.3) is 0 Å². The van der Waals surface area contributed by atoms with E-state index in [0.29, 0.717) is 19.7 Å². The minimum Gasteiger partial charge on any atom is -0.491 e. The summed E-state index contributed by atoms with van der Waals surface area (Å²) in [5.41, 5.74) is 1.04. The zero-order valence-corrected chi connectivity index (χ0v) is 14.1. The molecule has 2 aromatic carbocycles. The van der Waals surface area contributed by atoms with Crippen LogP contribution in [0.15, 0.2) is 48.5 Å². The fourth-order valence-electron chi connectivity index (χ4n) is 2.28. The van der Waals surface area contributed by atoms with E-state index in [2.05, 4.69) is 0 Å². The first-order chi connectivity index (χ1) is 11.6. The van der Waals surface area contributed by atoms with Gasteiger partial charge in [-0.05, 0) is 37.7 Å². The second kappa shape index (κ2) is 9.25. The van der Waals surface area contributed by atoms with E-state index in [-0.39, 0.29) is 18.2 Å². The number of halogens is 1. The monoisotopic (exact) mass is 333 g/mol. The van der Waals surface area contributed by atoms with Crippen molar-refractivity contribution in [1.29, 1.82) is 0 Å². The third-order valence-corrected chi connectivity index (χ3v) is 3.61. The number of aryl methyl sites for hydroxylation is 1. The van der Waals surface area contributed by atoms with Gasteiger partial charge in [0, 0.05) is 13.1 Å². The summed E-state index contributed by atoms with van der Waals surface area (Å²) in [5.74, 6) is 0.656. The first kappa shape index (κ1) is 18.2. The van der Waals surface area contributed by atoms with Crippen molar-refractivity contribution in [2.45, 2.75) is 13.0 Å². The molecule has 0 radical (unpaired) electrons. The number of ether oxygens (including phenoxy) is 2. The molecule has 5 heteroatoms. The first-order valence-electron chi connectivity index (χ1n) is 7.98. The minimum absolute atomic E-state index is 0.226. The molecule has 0 aliphatic heterocycles. The van der Waals surface area contributed by atoms with Crippen molar-refractivity contribution in [3.63, 3.8) is 0 Å². The van der Waals surface area contributed by atoms with Gasteiger partial charge in [0.15, 0.2) is 11.6 Å². The quantitative estimate of drug-likeness (QED) is 0.766. The predicted molar refractivity (Wildman–Crippen MR) is 92.1 cm³/mol. The lowest BCUT2D eigenvalue weighted by atomic mass is 10.2. The van der Waals surface area contributed by atoms with Gasteiger partial charge < -0.3 is 19.5 Å². The van der Waals surface area contributed by atoms with Crippen molar-refractivity contribution in [3.05, 3.63) is 59.9 Å². The molecular formula is C19H24FNO3. The topological polar surface area (TPSA) is 41.9 Å². The summed E-state index contributed by atoms with van der Waals surface area (Å²) < 4.78 is 24.5. The maximum Gasteiger partial charge on any atom is 0.165 e. The van der Waals surface area contributed by atoms with Crippen molar-refractivity contribution in [2.24, 2.45) is 0 Å². The molecule has 2 aromatic rings. The molecule has 130 valence electrons. The van der Waals surface area contributed by atoms with E-state index >= 15 is 0 Å². The molecule has 24 heavy (non-hydrogen) atoms. The lowest BCUT2D eigenvalue weighted by molar-refractivity contribution is 0.0718. The number of nitrogens with zero attached hydrogens (tertiary/aromatic N) is 1. The molecule has 2 rings (SSSR count). The van der Waals surface area contributed by atoms with Gasteiger partial charge in [0.2, 0.25) is 0 Å². The van der Waals surface area contributed by atoms with Crippen LogP contribution < -0.4 is 9.47 Å². The highest BCUT2D eigenvalue weighted by Crippen LogP contribution is 2.16. The van der Waals surface area contributed by atoms with Crippen molar-refractivity contribution < 1.29 is 19.0 Å². The van der Waals surface area contributed by atoms with Gasteiger partial charge in [-0.3, -0.25) is 0 Å². The first-order valence-corrected chi connectivity index (χ1v) is 7.98. The van der Waals surface area contributed by atoms with Gasteiger partial charge in [-0.1, -0.05) is 30.3 Å². The smallest absolute Gasteiger partial charge is 0.165 e. The highest BCUT2D eigenvalue weighted by molar-refractivity contribution is 5.31. The summed E-state index contributed by atoms with van der Waals surface area (Å²) in [4.78, 5) is 1.92. The molecule has 0 amide bonds. The van der Waals surface area contributed by atoms with Gasteiger partial charge in [0.1, 0.15) is 25.1 Å². The SMILES string of the molecule is Cc1ccccc1OCC(O)CN(C)CCOc1ccccc1F. The average molecular weight is 333 g/mol. The number of aliphatic hydroxyl groups excluding tert-OH is 1. The summed E-state index contributed by atoms with van der Waals surface area (Å²) in [7, 11) is 1.88. The van der Waals surface area contributed by atoms with E-state index in [1.165, 1.54) is 6.07 Å². The van der Waals surface area contributed by atoms with Crippen molar-refractivity contribution in [3.8, 4) is 11.5 Å². The van der Waals surface area contributed by atoms with Gasteiger partial charge >= 0.3 is 0 Å². The summed E-state index contributed by atoms with van der Waals surface area (Å²) in [6, 6.07) is 14.0. The number of aliphatic hydroxyl groups is 1. The van der Waals surface area contributed by atoms with Gasteiger partial charge in [0.05, 0.1) is 0 Å². The maximum absolute atomic E-state index is 13.4. The van der Waals surface area contributed by atoms with Crippen molar-refractivity contribution in [1.82, 2.24) is 4.90 Å². The Kier molecular flexibility index (Phi) is 7.03. The van der Waals surface area contributed by atoms with Crippen LogP contribution in [0.2, 0.25) is 0 Å². The molecule has 0 aromatic heterocycles. The third-order valence-electron chi connectivity index (χ3n) is 3.61. The normalized spacial score (nSPS) is 12.2. The summed E-state index contributed by atoms with van der Waals surface area (Å²) in [6.07, 6.45) is -0.608. The molecule has 0 saturated carbocycles. The number of likely N-dealkylation sites (N-methyl/N-ethyl adjacent to an activating group) is 1. The largest absolute Gasteiger partial charge is 0.491 e. The molecule has 0 spiro atoms. The van der Waals surface area contributed by atoms with Crippen LogP contribution in [0.4, 0.5) is 4.39 Å². The van der Waals surface area contributed by atoms with Gasteiger partial charge in [-0.15, -0.1) is 0 Å². The molecule has 0 heterocycles. The molecule has 0 fully saturated rings. The van der Waals surface area contributed by atoms with E-state index in [4.69, 9.17) is 9.47 Å². The van der Waals surface area contributed by atoms with Crippen LogP contribution >= 0.6 is 0 Å². The maximum atomic E-state index is 13.4. The van der Waals surface area contributed by atoms with E-state index in [1.54, 1.807) is 18.2 Å². The summed E-state index contributed by atoms with van der Waals surface area (Å²) in [5, 5.41) is 10.1. The number of benzene rings is 2. The lowest BCUT2D eigenvalue weighted by Crippen LogP contribution is -2.35. The van der Waals surface area contributed by atoms with E-state index in [9.17, 15) is 9.50 Å². The molecule has 1 N–H and O–H groups in total. The number of rotatable bonds is 9. The molecule has 0 aliphatic rings. The second-order valence-corrected chi connectivity index (χ2v) is 5.77. The zero-order chi connectivity index (χ0) is 17.4. The van der Waals surface area contributed by atoms with Crippen LogP contribution in [0, 0.1) is 12.7 Å². The minimum atomic E-state index is -0.608. The molecule has 4 nitrogen and oxygen atoms in total. The molecule has 1 unspecified atom stereocenters. The van der Waals surface area contributed by atoms with Crippen LogP contribution in [-0.2, 0) is 0 Å². The molecule has 0 aliphatic carbocycles. The molecule has 0 saturated heterocycles. The standard InChI is InChI=1S/C19H24FNO3/c1-15-7-3-5-9-18(15)24-14-16(22)13-21(2)11-12-23-19-10-6-4-8-17(19)20/h3-10,16,22H,11-14H2,1-2H3. The fraction of sp³-hybridized carbons (Fsp3) is 0.368. The van der Waals surface area contributed by atoms with Gasteiger partial charge in [0.25, 0.3) is 0 Å². The third kappa shape index (κ3) is 5.83. The highest BCUT2D eigenvalue weighted by Gasteiger charge is 2.10. The highest BCUT2D eigenvalue weighted by atomic mass is 19.1.